The maximum absolute atomic E-state index is 11.9. The number of carboxylic acids is 1. The summed E-state index contributed by atoms with van der Waals surface area (Å²) in [7, 11) is -2.55. The molecule has 0 aliphatic rings. The number of aliphatic carboxylic acids is 1. The zero-order chi connectivity index (χ0) is 14.5. The van der Waals surface area contributed by atoms with Crippen molar-refractivity contribution in [1.82, 2.24) is 4.72 Å². The van der Waals surface area contributed by atoms with Crippen molar-refractivity contribution in [1.29, 1.82) is 0 Å². The van der Waals surface area contributed by atoms with Gasteiger partial charge in [-0.1, -0.05) is 18.2 Å². The monoisotopic (exact) mass is 286 g/mol. The number of hydrogen-bond acceptors (Lipinski definition) is 4. The molecule has 2 N–H and O–H groups in total. The Morgan fingerprint density at radius 1 is 1.26 bits per heavy atom. The molecule has 1 amide bonds. The van der Waals surface area contributed by atoms with E-state index >= 15 is 0 Å². The number of nitrogens with one attached hydrogen (secondary N) is 1. The Morgan fingerprint density at radius 3 is 2.32 bits per heavy atom. The molecule has 1 aromatic rings. The van der Waals surface area contributed by atoms with Crippen molar-refractivity contribution < 1.29 is 23.1 Å². The first-order valence-electron chi connectivity index (χ1n) is 5.34. The fourth-order valence-corrected chi connectivity index (χ4v) is 2.00. The third-order valence-electron chi connectivity index (χ3n) is 2.29. The lowest BCUT2D eigenvalue weighted by molar-refractivity contribution is -0.136. The standard InChI is InChI=1S/C11H14N2O5S/c1-12-19(17,18)8-10(14)13(7-11(15)16)9-5-3-2-4-6-9/h2-6,12H,7-8H2,1H3,(H,15,16). The van der Waals surface area contributed by atoms with Gasteiger partial charge in [0.25, 0.3) is 0 Å². The second-order valence-corrected chi connectivity index (χ2v) is 5.60. The Morgan fingerprint density at radius 2 is 1.84 bits per heavy atom. The van der Waals surface area contributed by atoms with E-state index in [0.29, 0.717) is 5.69 Å². The average Bonchev–Trinajstić information content (AvgIpc) is 2.36. The third kappa shape index (κ3) is 4.68. The van der Waals surface area contributed by atoms with E-state index in [9.17, 15) is 18.0 Å². The Bertz CT molecular complexity index is 556. The van der Waals surface area contributed by atoms with E-state index in [1.54, 1.807) is 18.2 Å². The van der Waals surface area contributed by atoms with Gasteiger partial charge in [0.2, 0.25) is 15.9 Å². The summed E-state index contributed by atoms with van der Waals surface area (Å²) in [6, 6.07) is 8.03. The highest BCUT2D eigenvalue weighted by Gasteiger charge is 2.23. The number of hydrogen-bond donors (Lipinski definition) is 2. The van der Waals surface area contributed by atoms with Gasteiger partial charge in [-0.15, -0.1) is 0 Å². The minimum Gasteiger partial charge on any atom is -0.480 e. The number of carboxylic acid groups (broad SMARTS) is 1. The summed E-state index contributed by atoms with van der Waals surface area (Å²) in [5.74, 6) is -2.83. The van der Waals surface area contributed by atoms with E-state index in [-0.39, 0.29) is 0 Å². The fourth-order valence-electron chi connectivity index (χ4n) is 1.38. The van der Waals surface area contributed by atoms with Crippen molar-refractivity contribution in [2.24, 2.45) is 0 Å². The van der Waals surface area contributed by atoms with Gasteiger partial charge in [-0.05, 0) is 19.2 Å². The fraction of sp³-hybridized carbons (Fsp3) is 0.273. The molecule has 0 spiro atoms. The number of carbonyl (C=O) groups is 2. The molecule has 19 heavy (non-hydrogen) atoms. The molecule has 8 heteroatoms. The lowest BCUT2D eigenvalue weighted by Crippen LogP contribution is -2.41. The van der Waals surface area contributed by atoms with Crippen LogP contribution in [0.25, 0.3) is 0 Å². The number of sulfonamides is 1. The van der Waals surface area contributed by atoms with E-state index in [1.807, 2.05) is 4.72 Å². The Kier molecular flexibility index (Phi) is 5.02. The van der Waals surface area contributed by atoms with E-state index in [0.717, 1.165) is 4.90 Å². The highest BCUT2D eigenvalue weighted by Crippen LogP contribution is 2.13. The number of nitrogens with zero attached hydrogens (tertiary/aromatic N) is 1. The second kappa shape index (κ2) is 6.30. The van der Waals surface area contributed by atoms with Crippen LogP contribution in [0.3, 0.4) is 0 Å². The lowest BCUT2D eigenvalue weighted by Gasteiger charge is -2.20. The molecule has 0 bridgehead atoms. The van der Waals surface area contributed by atoms with Crippen LogP contribution >= 0.6 is 0 Å². The van der Waals surface area contributed by atoms with Gasteiger partial charge in [-0.25, -0.2) is 13.1 Å². The van der Waals surface area contributed by atoms with Gasteiger partial charge in [0, 0.05) is 5.69 Å². The molecular weight excluding hydrogens is 272 g/mol. The summed E-state index contributed by atoms with van der Waals surface area (Å²) in [6.45, 7) is -0.595. The van der Waals surface area contributed by atoms with Gasteiger partial charge in [0.1, 0.15) is 12.3 Å². The first-order valence-corrected chi connectivity index (χ1v) is 6.99. The molecule has 0 heterocycles. The van der Waals surface area contributed by atoms with Gasteiger partial charge in [0.15, 0.2) is 0 Å². The highest BCUT2D eigenvalue weighted by atomic mass is 32.2. The molecule has 1 rings (SSSR count). The molecule has 0 saturated carbocycles. The van der Waals surface area contributed by atoms with Gasteiger partial charge >= 0.3 is 5.97 Å². The SMILES string of the molecule is CNS(=O)(=O)CC(=O)N(CC(=O)O)c1ccccc1. The maximum atomic E-state index is 11.9. The van der Waals surface area contributed by atoms with Crippen LogP contribution in [0.1, 0.15) is 0 Å². The van der Waals surface area contributed by atoms with E-state index in [2.05, 4.69) is 0 Å². The topological polar surface area (TPSA) is 104 Å². The molecule has 104 valence electrons. The van der Waals surface area contributed by atoms with Gasteiger partial charge < -0.3 is 10.0 Å². The van der Waals surface area contributed by atoms with Crippen LogP contribution in [0.15, 0.2) is 30.3 Å². The van der Waals surface area contributed by atoms with Crippen LogP contribution in [-0.4, -0.2) is 44.7 Å². The summed E-state index contributed by atoms with van der Waals surface area (Å²) in [6.07, 6.45) is 0. The van der Waals surface area contributed by atoms with Gasteiger partial charge in [0.05, 0.1) is 0 Å². The zero-order valence-corrected chi connectivity index (χ0v) is 11.1. The predicted molar refractivity (Wildman–Crippen MR) is 69.3 cm³/mol. The first kappa shape index (κ1) is 15.1. The number of benzene rings is 1. The number of amides is 1. The minimum absolute atomic E-state index is 0.334. The molecule has 7 nitrogen and oxygen atoms in total. The second-order valence-electron chi connectivity index (χ2n) is 3.67. The van der Waals surface area contributed by atoms with Crippen LogP contribution in [-0.2, 0) is 19.6 Å². The van der Waals surface area contributed by atoms with Crippen LogP contribution in [0.2, 0.25) is 0 Å². The highest BCUT2D eigenvalue weighted by molar-refractivity contribution is 7.90. The third-order valence-corrected chi connectivity index (χ3v) is 3.54. The Labute approximate surface area is 110 Å². The van der Waals surface area contributed by atoms with Crippen molar-refractivity contribution in [2.75, 3.05) is 24.2 Å². The van der Waals surface area contributed by atoms with Crippen LogP contribution in [0, 0.1) is 0 Å². The van der Waals surface area contributed by atoms with Crippen molar-refractivity contribution in [3.05, 3.63) is 30.3 Å². The summed E-state index contributed by atoms with van der Waals surface area (Å²) in [5, 5.41) is 8.79. The smallest absolute Gasteiger partial charge is 0.323 e. The molecule has 0 unspecified atom stereocenters. The van der Waals surface area contributed by atoms with Crippen molar-refractivity contribution in [2.45, 2.75) is 0 Å². The number of rotatable bonds is 6. The number of para-hydroxylation sites is 1. The van der Waals surface area contributed by atoms with E-state index in [1.165, 1.54) is 19.2 Å². The van der Waals surface area contributed by atoms with Crippen molar-refractivity contribution in [3.63, 3.8) is 0 Å². The number of anilines is 1. The van der Waals surface area contributed by atoms with E-state index < -0.39 is 34.2 Å². The average molecular weight is 286 g/mol. The summed E-state index contributed by atoms with van der Waals surface area (Å²) in [4.78, 5) is 23.6. The predicted octanol–water partition coefficient (Wildman–Crippen LogP) is -0.347. The molecule has 0 aliphatic heterocycles. The van der Waals surface area contributed by atoms with Gasteiger partial charge in [-0.2, -0.15) is 0 Å². The largest absolute Gasteiger partial charge is 0.480 e. The molecule has 0 radical (unpaired) electrons. The molecule has 1 aromatic carbocycles. The summed E-state index contributed by atoms with van der Waals surface area (Å²) in [5.41, 5.74) is 0.334. The van der Waals surface area contributed by atoms with Crippen molar-refractivity contribution in [3.8, 4) is 0 Å². The van der Waals surface area contributed by atoms with E-state index in [4.69, 9.17) is 5.11 Å². The Hall–Kier alpha value is -1.93. The molecule has 0 saturated heterocycles. The minimum atomic E-state index is -3.74. The summed E-state index contributed by atoms with van der Waals surface area (Å²) < 4.78 is 24.7. The quantitative estimate of drug-likeness (QED) is 0.744. The lowest BCUT2D eigenvalue weighted by atomic mass is 10.3. The normalized spacial score (nSPS) is 11.0. The Balaban J connectivity index is 2.98. The maximum Gasteiger partial charge on any atom is 0.323 e. The number of carbonyl (C=O) groups excluding carboxylic acids is 1. The summed E-state index contributed by atoms with van der Waals surface area (Å²) >= 11 is 0. The molecule has 0 atom stereocenters. The van der Waals surface area contributed by atoms with Crippen molar-refractivity contribution >= 4 is 27.6 Å². The molecule has 0 aromatic heterocycles. The molecule has 0 aliphatic carbocycles. The zero-order valence-electron chi connectivity index (χ0n) is 10.2. The first-order chi connectivity index (χ1) is 8.85. The molecular formula is C11H14N2O5S. The molecule has 0 fully saturated rings. The van der Waals surface area contributed by atoms with Crippen LogP contribution in [0.4, 0.5) is 5.69 Å². The van der Waals surface area contributed by atoms with Crippen LogP contribution in [0.5, 0.6) is 0 Å². The van der Waals surface area contributed by atoms with Crippen LogP contribution < -0.4 is 9.62 Å². The van der Waals surface area contributed by atoms with Gasteiger partial charge in [-0.3, -0.25) is 9.59 Å².